The summed E-state index contributed by atoms with van der Waals surface area (Å²) in [5.41, 5.74) is 1.74. The van der Waals surface area contributed by atoms with Gasteiger partial charge in [0, 0.05) is 58.8 Å². The molecule has 13 heteroatoms. The molecule has 1 aliphatic heterocycles. The van der Waals surface area contributed by atoms with Gasteiger partial charge in [0.2, 0.25) is 20.0 Å². The Morgan fingerprint density at radius 1 is 0.811 bits per heavy atom. The van der Waals surface area contributed by atoms with Crippen molar-refractivity contribution in [2.24, 2.45) is 0 Å². The lowest BCUT2D eigenvalue weighted by molar-refractivity contribution is 0.102. The summed E-state index contributed by atoms with van der Waals surface area (Å²) in [4.78, 5) is 14.8. The van der Waals surface area contributed by atoms with Crippen LogP contribution in [0.2, 0.25) is 10.0 Å². The fourth-order valence-electron chi connectivity index (χ4n) is 3.91. The highest BCUT2D eigenvalue weighted by atomic mass is 35.5. The maximum absolute atomic E-state index is 13.2. The Hall–Kier alpha value is -2.83. The Morgan fingerprint density at radius 2 is 1.43 bits per heavy atom. The van der Waals surface area contributed by atoms with E-state index in [1.165, 1.54) is 40.7 Å². The van der Waals surface area contributed by atoms with Crippen LogP contribution < -0.4 is 14.9 Å². The van der Waals surface area contributed by atoms with Gasteiger partial charge in [-0.25, -0.2) is 16.8 Å². The Morgan fingerprint density at radius 3 is 2.03 bits per heavy atom. The van der Waals surface area contributed by atoms with Crippen molar-refractivity contribution in [2.45, 2.75) is 4.90 Å². The lowest BCUT2D eigenvalue weighted by Gasteiger charge is -2.35. The van der Waals surface area contributed by atoms with Gasteiger partial charge in [0.25, 0.3) is 5.91 Å². The number of hydrogen-bond acceptors (Lipinski definition) is 6. The van der Waals surface area contributed by atoms with E-state index in [0.717, 1.165) is 11.9 Å². The van der Waals surface area contributed by atoms with Crippen molar-refractivity contribution in [3.05, 3.63) is 82.3 Å². The molecular weight excluding hydrogens is 559 g/mol. The average Bonchev–Trinajstić information content (AvgIpc) is 2.83. The minimum atomic E-state index is -3.73. The first-order valence-electron chi connectivity index (χ1n) is 11.1. The average molecular weight is 584 g/mol. The largest absolute Gasteiger partial charge is 0.369 e. The Bertz CT molecular complexity index is 1500. The van der Waals surface area contributed by atoms with Crippen molar-refractivity contribution < 1.29 is 21.6 Å². The molecule has 3 aromatic rings. The van der Waals surface area contributed by atoms with Crippen LogP contribution in [0.1, 0.15) is 10.4 Å². The van der Waals surface area contributed by atoms with Crippen LogP contribution in [-0.2, 0) is 20.0 Å². The highest BCUT2D eigenvalue weighted by Crippen LogP contribution is 2.27. The second-order valence-electron chi connectivity index (χ2n) is 8.45. The second-order valence-corrected chi connectivity index (χ2v) is 13.0. The lowest BCUT2D eigenvalue weighted by Crippen LogP contribution is -2.48. The number of carbonyl (C=O) groups is 1. The highest BCUT2D eigenvalue weighted by molar-refractivity contribution is 7.92. The number of benzene rings is 3. The summed E-state index contributed by atoms with van der Waals surface area (Å²) in [7, 11) is -7.21. The molecule has 1 saturated heterocycles. The Labute approximate surface area is 226 Å². The SMILES string of the molecule is CS(=O)(=O)Nc1cccc(C(=O)Nc2ccc(S(=O)(=O)N3CCN(c4cc(Cl)cc(Cl)c4)CC3)cc2)c1. The van der Waals surface area contributed by atoms with E-state index >= 15 is 0 Å². The molecule has 0 spiro atoms. The molecule has 0 aliphatic carbocycles. The van der Waals surface area contributed by atoms with Crippen LogP contribution in [0.3, 0.4) is 0 Å². The molecule has 3 aromatic carbocycles. The van der Waals surface area contributed by atoms with Gasteiger partial charge in [-0.3, -0.25) is 9.52 Å². The van der Waals surface area contributed by atoms with Crippen LogP contribution in [0, 0.1) is 0 Å². The minimum Gasteiger partial charge on any atom is -0.369 e. The maximum atomic E-state index is 13.2. The first kappa shape index (κ1) is 27.2. The number of sulfonamides is 2. The highest BCUT2D eigenvalue weighted by Gasteiger charge is 2.28. The van der Waals surface area contributed by atoms with Crippen LogP contribution in [0.25, 0.3) is 0 Å². The van der Waals surface area contributed by atoms with Gasteiger partial charge in [0.05, 0.1) is 11.2 Å². The third-order valence-electron chi connectivity index (χ3n) is 5.63. The monoisotopic (exact) mass is 582 g/mol. The van der Waals surface area contributed by atoms with E-state index in [0.29, 0.717) is 41.9 Å². The smallest absolute Gasteiger partial charge is 0.255 e. The number of rotatable bonds is 7. The first-order chi connectivity index (χ1) is 17.4. The molecule has 0 bridgehead atoms. The van der Waals surface area contributed by atoms with Gasteiger partial charge < -0.3 is 10.2 Å². The van der Waals surface area contributed by atoms with E-state index in [2.05, 4.69) is 10.0 Å². The molecule has 37 heavy (non-hydrogen) atoms. The van der Waals surface area contributed by atoms with Gasteiger partial charge in [-0.15, -0.1) is 0 Å². The molecule has 196 valence electrons. The Kier molecular flexibility index (Phi) is 8.00. The van der Waals surface area contributed by atoms with Crippen molar-refractivity contribution >= 4 is 66.2 Å². The Balaban J connectivity index is 1.40. The van der Waals surface area contributed by atoms with Crippen molar-refractivity contribution in [1.82, 2.24) is 4.31 Å². The predicted octanol–water partition coefficient (Wildman–Crippen LogP) is 4.13. The third-order valence-corrected chi connectivity index (χ3v) is 8.58. The maximum Gasteiger partial charge on any atom is 0.255 e. The minimum absolute atomic E-state index is 0.115. The summed E-state index contributed by atoms with van der Waals surface area (Å²) < 4.78 is 52.9. The standard InChI is InChI=1S/C24H24Cl2N4O5S2/c1-36(32,33)28-21-4-2-3-17(13-21)24(31)27-20-5-7-23(8-6-20)37(34,35)30-11-9-29(10-12-30)22-15-18(25)14-19(26)16-22/h2-8,13-16,28H,9-12H2,1H3,(H,27,31). The molecule has 4 rings (SSSR count). The summed E-state index contributed by atoms with van der Waals surface area (Å²) in [6.45, 7) is 1.56. The van der Waals surface area contributed by atoms with Crippen LogP contribution in [-0.4, -0.2) is 59.5 Å². The van der Waals surface area contributed by atoms with Crippen molar-refractivity contribution in [3.8, 4) is 0 Å². The van der Waals surface area contributed by atoms with Crippen molar-refractivity contribution in [3.63, 3.8) is 0 Å². The molecule has 9 nitrogen and oxygen atoms in total. The van der Waals surface area contributed by atoms with E-state index in [9.17, 15) is 21.6 Å². The van der Waals surface area contributed by atoms with E-state index in [1.807, 2.05) is 4.90 Å². The number of piperazine rings is 1. The summed E-state index contributed by atoms with van der Waals surface area (Å²) in [6.07, 6.45) is 1.02. The fourth-order valence-corrected chi connectivity index (χ4v) is 6.40. The van der Waals surface area contributed by atoms with Gasteiger partial charge in [0.15, 0.2) is 0 Å². The summed E-state index contributed by atoms with van der Waals surface area (Å²) in [5, 5.41) is 3.72. The number of halogens is 2. The zero-order valence-electron chi connectivity index (χ0n) is 19.7. The van der Waals surface area contributed by atoms with Gasteiger partial charge in [0.1, 0.15) is 0 Å². The number of hydrogen-bond donors (Lipinski definition) is 2. The lowest BCUT2D eigenvalue weighted by atomic mass is 10.2. The number of nitrogens with one attached hydrogen (secondary N) is 2. The van der Waals surface area contributed by atoms with E-state index in [-0.39, 0.29) is 16.1 Å². The van der Waals surface area contributed by atoms with Crippen molar-refractivity contribution in [1.29, 1.82) is 0 Å². The zero-order chi connectivity index (χ0) is 26.8. The van der Waals surface area contributed by atoms with E-state index in [1.54, 1.807) is 30.3 Å². The molecule has 1 amide bonds. The number of anilines is 3. The van der Waals surface area contributed by atoms with Crippen molar-refractivity contribution in [2.75, 3.05) is 47.4 Å². The molecule has 1 heterocycles. The van der Waals surface area contributed by atoms with Gasteiger partial charge in [-0.2, -0.15) is 4.31 Å². The first-order valence-corrected chi connectivity index (χ1v) is 15.2. The normalized spacial score (nSPS) is 14.8. The number of carbonyl (C=O) groups excluding carboxylic acids is 1. The molecule has 1 aliphatic rings. The molecule has 0 saturated carbocycles. The van der Waals surface area contributed by atoms with Gasteiger partial charge in [-0.05, 0) is 60.7 Å². The molecule has 2 N–H and O–H groups in total. The van der Waals surface area contributed by atoms with Crippen LogP contribution >= 0.6 is 23.2 Å². The molecule has 0 unspecified atom stereocenters. The van der Waals surface area contributed by atoms with Crippen LogP contribution in [0.15, 0.2) is 71.6 Å². The number of amides is 1. The van der Waals surface area contributed by atoms with Crippen LogP contribution in [0.4, 0.5) is 17.1 Å². The molecule has 0 atom stereocenters. The van der Waals surface area contributed by atoms with E-state index in [4.69, 9.17) is 23.2 Å². The topological polar surface area (TPSA) is 116 Å². The van der Waals surface area contributed by atoms with Crippen LogP contribution in [0.5, 0.6) is 0 Å². The predicted molar refractivity (Wildman–Crippen MR) is 147 cm³/mol. The fraction of sp³-hybridized carbons (Fsp3) is 0.208. The molecule has 0 radical (unpaired) electrons. The molecule has 0 aromatic heterocycles. The second kappa shape index (κ2) is 10.9. The zero-order valence-corrected chi connectivity index (χ0v) is 22.8. The third kappa shape index (κ3) is 6.93. The summed E-state index contributed by atoms with van der Waals surface area (Å²) >= 11 is 12.2. The summed E-state index contributed by atoms with van der Waals surface area (Å²) in [5.74, 6) is -0.468. The van der Waals surface area contributed by atoms with Gasteiger partial charge >= 0.3 is 0 Å². The number of nitrogens with zero attached hydrogens (tertiary/aromatic N) is 2. The summed E-state index contributed by atoms with van der Waals surface area (Å²) in [6, 6.07) is 17.2. The van der Waals surface area contributed by atoms with E-state index < -0.39 is 26.0 Å². The molecular formula is C24H24Cl2N4O5S2. The van der Waals surface area contributed by atoms with Gasteiger partial charge in [-0.1, -0.05) is 29.3 Å². The quantitative estimate of drug-likeness (QED) is 0.432. The molecule has 1 fully saturated rings.